The lowest BCUT2D eigenvalue weighted by atomic mass is 10.0. The Morgan fingerprint density at radius 3 is 2.25 bits per heavy atom. The molecule has 0 heterocycles. The predicted molar refractivity (Wildman–Crippen MR) is 49.5 cm³/mol. The molecule has 0 aliphatic carbocycles. The fourth-order valence-electron chi connectivity index (χ4n) is 0.843. The molecular formula is C9H19NO2. The number of aliphatic hydroxyl groups excluding tert-OH is 1. The zero-order valence-electron chi connectivity index (χ0n) is 8.26. The van der Waals surface area contributed by atoms with Gasteiger partial charge in [-0.1, -0.05) is 13.0 Å². The van der Waals surface area contributed by atoms with E-state index in [1.165, 1.54) is 0 Å². The molecule has 3 heteroatoms. The molecule has 0 saturated carbocycles. The zero-order valence-corrected chi connectivity index (χ0v) is 8.26. The number of nitrogens with one attached hydrogen (secondary N) is 1. The Morgan fingerprint density at radius 2 is 2.00 bits per heavy atom. The van der Waals surface area contributed by atoms with Gasteiger partial charge in [0.05, 0.1) is 5.54 Å². The minimum absolute atomic E-state index is 0.683. The van der Waals surface area contributed by atoms with Crippen LogP contribution in [-0.2, 0) is 0 Å². The maximum atomic E-state index is 8.99. The molecule has 0 spiro atoms. The van der Waals surface area contributed by atoms with Crippen molar-refractivity contribution in [1.29, 1.82) is 0 Å². The molecule has 0 aliphatic rings. The van der Waals surface area contributed by atoms with Crippen LogP contribution < -0.4 is 5.32 Å². The van der Waals surface area contributed by atoms with E-state index in [1.54, 1.807) is 13.8 Å². The molecule has 72 valence electrons. The predicted octanol–water partition coefficient (Wildman–Crippen LogP) is 0.979. The van der Waals surface area contributed by atoms with Gasteiger partial charge in [-0.15, -0.1) is 0 Å². The highest BCUT2D eigenvalue weighted by atomic mass is 16.5. The molecule has 0 bridgehead atoms. The zero-order chi connectivity index (χ0) is 9.78. The molecule has 0 aromatic heterocycles. The maximum absolute atomic E-state index is 8.99. The van der Waals surface area contributed by atoms with Crippen LogP contribution in [0, 0.1) is 0 Å². The number of aliphatic hydroxyl groups is 2. The Morgan fingerprint density at radius 1 is 1.50 bits per heavy atom. The van der Waals surface area contributed by atoms with Crippen LogP contribution in [0.2, 0.25) is 0 Å². The van der Waals surface area contributed by atoms with E-state index in [2.05, 4.69) is 5.32 Å². The van der Waals surface area contributed by atoms with Gasteiger partial charge in [-0.25, -0.2) is 0 Å². The molecule has 12 heavy (non-hydrogen) atoms. The first-order valence-electron chi connectivity index (χ1n) is 4.23. The normalized spacial score (nSPS) is 13.8. The maximum Gasteiger partial charge on any atom is 0.174 e. The van der Waals surface area contributed by atoms with Crippen LogP contribution in [0.4, 0.5) is 0 Å². The van der Waals surface area contributed by atoms with Gasteiger partial charge >= 0.3 is 0 Å². The summed E-state index contributed by atoms with van der Waals surface area (Å²) >= 11 is 0. The molecule has 0 aromatic rings. The summed E-state index contributed by atoms with van der Waals surface area (Å²) in [6.07, 6.45) is 1.45. The molecule has 3 nitrogen and oxygen atoms in total. The van der Waals surface area contributed by atoms with E-state index >= 15 is 0 Å². The highest BCUT2D eigenvalue weighted by Crippen LogP contribution is 2.10. The van der Waals surface area contributed by atoms with Gasteiger partial charge in [0.25, 0.3) is 0 Å². The Balaban J connectivity index is 4.23. The lowest BCUT2D eigenvalue weighted by Crippen LogP contribution is -2.48. The molecule has 0 radical (unpaired) electrons. The largest absolute Gasteiger partial charge is 0.379 e. The Hall–Kier alpha value is -0.540. The minimum Gasteiger partial charge on any atom is -0.379 e. The number of rotatable bonds is 4. The summed E-state index contributed by atoms with van der Waals surface area (Å²) in [5.41, 5.74) is 0.339. The molecule has 0 unspecified atom stereocenters. The molecule has 0 fully saturated rings. The van der Waals surface area contributed by atoms with Gasteiger partial charge in [0.15, 0.2) is 6.29 Å². The highest BCUT2D eigenvalue weighted by Gasteiger charge is 2.25. The van der Waals surface area contributed by atoms with Gasteiger partial charge in [-0.3, -0.25) is 0 Å². The monoisotopic (exact) mass is 173 g/mol. The van der Waals surface area contributed by atoms with Crippen molar-refractivity contribution >= 4 is 0 Å². The van der Waals surface area contributed by atoms with Crippen molar-refractivity contribution in [3.63, 3.8) is 0 Å². The van der Waals surface area contributed by atoms with E-state index in [9.17, 15) is 0 Å². The van der Waals surface area contributed by atoms with Crippen molar-refractivity contribution in [3.05, 3.63) is 11.8 Å². The molecule has 0 rings (SSSR count). The van der Waals surface area contributed by atoms with Gasteiger partial charge < -0.3 is 15.5 Å². The summed E-state index contributed by atoms with van der Waals surface area (Å²) in [6, 6.07) is 0. The first-order valence-corrected chi connectivity index (χ1v) is 4.23. The van der Waals surface area contributed by atoms with Gasteiger partial charge in [0.2, 0.25) is 0 Å². The first kappa shape index (κ1) is 11.5. The third-order valence-corrected chi connectivity index (χ3v) is 1.86. The van der Waals surface area contributed by atoms with E-state index in [0.717, 1.165) is 12.1 Å². The van der Waals surface area contributed by atoms with E-state index in [4.69, 9.17) is 10.2 Å². The van der Waals surface area contributed by atoms with Crippen LogP contribution in [0.25, 0.3) is 0 Å². The third-order valence-electron chi connectivity index (χ3n) is 1.86. The van der Waals surface area contributed by atoms with Gasteiger partial charge in [-0.05, 0) is 27.2 Å². The lowest BCUT2D eigenvalue weighted by molar-refractivity contribution is -0.0941. The van der Waals surface area contributed by atoms with Crippen LogP contribution in [0.3, 0.4) is 0 Å². The van der Waals surface area contributed by atoms with Crippen molar-refractivity contribution in [1.82, 2.24) is 5.32 Å². The van der Waals surface area contributed by atoms with Crippen LogP contribution >= 0.6 is 0 Å². The SMILES string of the molecule is C/C=C(\CC)NC(C)(C)C(O)O. The van der Waals surface area contributed by atoms with E-state index in [1.807, 2.05) is 19.9 Å². The molecule has 0 aromatic carbocycles. The summed E-state index contributed by atoms with van der Waals surface area (Å²) < 4.78 is 0. The van der Waals surface area contributed by atoms with Crippen molar-refractivity contribution in [2.75, 3.05) is 0 Å². The summed E-state index contributed by atoms with van der Waals surface area (Å²) in [5, 5.41) is 21.0. The van der Waals surface area contributed by atoms with E-state index in [-0.39, 0.29) is 0 Å². The molecule has 0 aliphatic heterocycles. The molecular weight excluding hydrogens is 154 g/mol. The summed E-state index contributed by atoms with van der Waals surface area (Å²) in [6.45, 7) is 7.43. The minimum atomic E-state index is -1.35. The molecule has 0 amide bonds. The number of allylic oxidation sites excluding steroid dienone is 2. The molecule has 3 N–H and O–H groups in total. The number of hydrogen-bond acceptors (Lipinski definition) is 3. The van der Waals surface area contributed by atoms with Gasteiger partial charge in [-0.2, -0.15) is 0 Å². The van der Waals surface area contributed by atoms with E-state index in [0.29, 0.717) is 0 Å². The fraction of sp³-hybridized carbons (Fsp3) is 0.778. The van der Waals surface area contributed by atoms with Crippen molar-refractivity contribution in [3.8, 4) is 0 Å². The lowest BCUT2D eigenvalue weighted by Gasteiger charge is -2.30. The smallest absolute Gasteiger partial charge is 0.174 e. The quantitative estimate of drug-likeness (QED) is 0.555. The molecule has 0 atom stereocenters. The van der Waals surface area contributed by atoms with Crippen molar-refractivity contribution < 1.29 is 10.2 Å². The van der Waals surface area contributed by atoms with Crippen LogP contribution in [-0.4, -0.2) is 22.0 Å². The summed E-state index contributed by atoms with van der Waals surface area (Å²) in [4.78, 5) is 0. The van der Waals surface area contributed by atoms with Gasteiger partial charge in [0.1, 0.15) is 0 Å². The fourth-order valence-corrected chi connectivity index (χ4v) is 0.843. The highest BCUT2D eigenvalue weighted by molar-refractivity contribution is 5.02. The van der Waals surface area contributed by atoms with Crippen molar-refractivity contribution in [2.24, 2.45) is 0 Å². The number of hydrogen-bond donors (Lipinski definition) is 3. The van der Waals surface area contributed by atoms with Crippen LogP contribution in [0.1, 0.15) is 34.1 Å². The van der Waals surface area contributed by atoms with Crippen LogP contribution in [0.15, 0.2) is 11.8 Å². The Bertz CT molecular complexity index is 162. The molecule has 0 saturated heterocycles. The third kappa shape index (κ3) is 3.24. The standard InChI is InChI=1S/C9H19NO2/c1-5-7(6-2)10-9(3,4)8(11)12/h5,8,10-12H,6H2,1-4H3/b7-5+. The van der Waals surface area contributed by atoms with Crippen molar-refractivity contribution in [2.45, 2.75) is 45.9 Å². The Labute approximate surface area is 74.1 Å². The summed E-state index contributed by atoms with van der Waals surface area (Å²) in [5.74, 6) is 0. The average Bonchev–Trinajstić information content (AvgIpc) is 2.00. The topological polar surface area (TPSA) is 52.5 Å². The average molecular weight is 173 g/mol. The summed E-state index contributed by atoms with van der Waals surface area (Å²) in [7, 11) is 0. The second kappa shape index (κ2) is 4.48. The van der Waals surface area contributed by atoms with Crippen LogP contribution in [0.5, 0.6) is 0 Å². The second-order valence-electron chi connectivity index (χ2n) is 3.39. The van der Waals surface area contributed by atoms with E-state index < -0.39 is 11.8 Å². The second-order valence-corrected chi connectivity index (χ2v) is 3.39. The Kier molecular flexibility index (Phi) is 4.28. The van der Waals surface area contributed by atoms with Gasteiger partial charge in [0, 0.05) is 5.70 Å². The first-order chi connectivity index (χ1) is 5.44.